The van der Waals surface area contributed by atoms with Crippen LogP contribution in [0.3, 0.4) is 0 Å². The second kappa shape index (κ2) is 6.48. The van der Waals surface area contributed by atoms with Gasteiger partial charge in [-0.3, -0.25) is 19.6 Å². The molecule has 0 aliphatic carbocycles. The first-order valence-electron chi connectivity index (χ1n) is 7.42. The number of carbonyl (C=O) groups excluding carboxylic acids is 1. The summed E-state index contributed by atoms with van der Waals surface area (Å²) in [5.74, 6) is -0.208. The highest BCUT2D eigenvalue weighted by atomic mass is 35.5. The van der Waals surface area contributed by atoms with E-state index in [9.17, 15) is 14.9 Å². The fraction of sp³-hybridized carbons (Fsp3) is 0.333. The first-order chi connectivity index (χ1) is 11.5. The van der Waals surface area contributed by atoms with Crippen LogP contribution < -0.4 is 4.90 Å². The van der Waals surface area contributed by atoms with Crippen LogP contribution >= 0.6 is 11.6 Å². The van der Waals surface area contributed by atoms with Crippen molar-refractivity contribution < 1.29 is 9.72 Å². The molecule has 0 N–H and O–H groups in total. The molecule has 1 aliphatic rings. The Morgan fingerprint density at radius 1 is 1.29 bits per heavy atom. The second-order valence-electron chi connectivity index (χ2n) is 5.57. The van der Waals surface area contributed by atoms with Gasteiger partial charge in [-0.05, 0) is 6.07 Å². The van der Waals surface area contributed by atoms with Gasteiger partial charge in [-0.15, -0.1) is 0 Å². The SMILES string of the molecule is Cn1cc(N2CCN(C(=O)c3ccc([N+](=O)[O-])cc3Cl)CC2)cn1. The van der Waals surface area contributed by atoms with Crippen molar-refractivity contribution in [1.82, 2.24) is 14.7 Å². The van der Waals surface area contributed by atoms with Crippen molar-refractivity contribution >= 4 is 28.9 Å². The van der Waals surface area contributed by atoms with E-state index in [1.165, 1.54) is 18.2 Å². The predicted octanol–water partition coefficient (Wildman–Crippen LogP) is 1.94. The molecule has 0 bridgehead atoms. The van der Waals surface area contributed by atoms with Gasteiger partial charge in [-0.1, -0.05) is 11.6 Å². The average Bonchev–Trinajstić information content (AvgIpc) is 3.00. The Kier molecular flexibility index (Phi) is 4.39. The van der Waals surface area contributed by atoms with Crippen molar-refractivity contribution in [1.29, 1.82) is 0 Å². The third kappa shape index (κ3) is 3.18. The number of amides is 1. The maximum atomic E-state index is 12.6. The summed E-state index contributed by atoms with van der Waals surface area (Å²) in [7, 11) is 1.86. The van der Waals surface area contributed by atoms with Gasteiger partial charge >= 0.3 is 0 Å². The van der Waals surface area contributed by atoms with Gasteiger partial charge in [0.05, 0.1) is 27.4 Å². The Balaban J connectivity index is 1.68. The molecule has 0 radical (unpaired) electrons. The van der Waals surface area contributed by atoms with Gasteiger partial charge in [0, 0.05) is 51.6 Å². The largest absolute Gasteiger partial charge is 0.365 e. The molecule has 0 atom stereocenters. The number of nitrogens with zero attached hydrogens (tertiary/aromatic N) is 5. The molecular formula is C15H16ClN5O3. The molecule has 0 spiro atoms. The lowest BCUT2D eigenvalue weighted by Crippen LogP contribution is -2.48. The average molecular weight is 350 g/mol. The quantitative estimate of drug-likeness (QED) is 0.624. The Morgan fingerprint density at radius 3 is 2.54 bits per heavy atom. The molecule has 2 heterocycles. The summed E-state index contributed by atoms with van der Waals surface area (Å²) in [6.07, 6.45) is 3.73. The Labute approximate surface area is 143 Å². The molecule has 1 aliphatic heterocycles. The summed E-state index contributed by atoms with van der Waals surface area (Å²) in [4.78, 5) is 26.7. The highest BCUT2D eigenvalue weighted by molar-refractivity contribution is 6.34. The number of aromatic nitrogens is 2. The molecule has 126 valence electrons. The minimum atomic E-state index is -0.535. The van der Waals surface area contributed by atoms with Gasteiger partial charge < -0.3 is 9.80 Å². The number of aryl methyl sites for hydroxylation is 1. The van der Waals surface area contributed by atoms with Gasteiger partial charge in [-0.2, -0.15) is 5.10 Å². The highest BCUT2D eigenvalue weighted by Gasteiger charge is 2.25. The number of nitro groups is 1. The molecule has 8 nitrogen and oxygen atoms in total. The molecule has 0 unspecified atom stereocenters. The molecule has 1 aromatic carbocycles. The third-order valence-corrected chi connectivity index (χ3v) is 4.33. The molecule has 1 saturated heterocycles. The summed E-state index contributed by atoms with van der Waals surface area (Å²) in [6, 6.07) is 3.92. The van der Waals surface area contributed by atoms with Gasteiger partial charge in [0.1, 0.15) is 0 Å². The van der Waals surface area contributed by atoms with E-state index in [1.807, 2.05) is 13.2 Å². The van der Waals surface area contributed by atoms with Crippen LogP contribution in [0.4, 0.5) is 11.4 Å². The fourth-order valence-electron chi connectivity index (χ4n) is 2.70. The van der Waals surface area contributed by atoms with Crippen LogP contribution in [0.1, 0.15) is 10.4 Å². The fourth-order valence-corrected chi connectivity index (χ4v) is 2.96. The molecule has 0 saturated carbocycles. The number of benzene rings is 1. The Bertz CT molecular complexity index is 783. The van der Waals surface area contributed by atoms with Crippen molar-refractivity contribution in [2.45, 2.75) is 0 Å². The van der Waals surface area contributed by atoms with Crippen molar-refractivity contribution in [3.8, 4) is 0 Å². The van der Waals surface area contributed by atoms with E-state index in [1.54, 1.807) is 15.8 Å². The van der Waals surface area contributed by atoms with Crippen LogP contribution in [0, 0.1) is 10.1 Å². The smallest absolute Gasteiger partial charge is 0.270 e. The lowest BCUT2D eigenvalue weighted by Gasteiger charge is -2.35. The van der Waals surface area contributed by atoms with Crippen LogP contribution in [-0.4, -0.2) is 51.7 Å². The number of piperazine rings is 1. The normalized spacial score (nSPS) is 14.8. The summed E-state index contributed by atoms with van der Waals surface area (Å²) < 4.78 is 1.74. The molecule has 3 rings (SSSR count). The van der Waals surface area contributed by atoms with Crippen LogP contribution in [-0.2, 0) is 7.05 Å². The van der Waals surface area contributed by atoms with E-state index in [4.69, 9.17) is 11.6 Å². The van der Waals surface area contributed by atoms with E-state index in [0.29, 0.717) is 26.2 Å². The van der Waals surface area contributed by atoms with Gasteiger partial charge in [0.2, 0.25) is 0 Å². The summed E-state index contributed by atoms with van der Waals surface area (Å²) in [6.45, 7) is 2.51. The van der Waals surface area contributed by atoms with Crippen LogP contribution in [0.25, 0.3) is 0 Å². The number of hydrogen-bond donors (Lipinski definition) is 0. The number of non-ortho nitro benzene ring substituents is 1. The Morgan fingerprint density at radius 2 is 2.00 bits per heavy atom. The van der Waals surface area contributed by atoms with Crippen molar-refractivity contribution in [2.75, 3.05) is 31.1 Å². The first kappa shape index (κ1) is 16.3. The molecular weight excluding hydrogens is 334 g/mol. The van der Waals surface area contributed by atoms with E-state index >= 15 is 0 Å². The monoisotopic (exact) mass is 349 g/mol. The van der Waals surface area contributed by atoms with Gasteiger partial charge in [0.15, 0.2) is 0 Å². The molecule has 2 aromatic rings. The van der Waals surface area contributed by atoms with Crippen molar-refractivity contribution in [2.24, 2.45) is 7.05 Å². The molecule has 9 heteroatoms. The topological polar surface area (TPSA) is 84.5 Å². The lowest BCUT2D eigenvalue weighted by atomic mass is 10.1. The minimum absolute atomic E-state index is 0.101. The van der Waals surface area contributed by atoms with E-state index in [0.717, 1.165) is 5.69 Å². The third-order valence-electron chi connectivity index (χ3n) is 4.02. The van der Waals surface area contributed by atoms with E-state index < -0.39 is 4.92 Å². The number of halogens is 1. The van der Waals surface area contributed by atoms with Gasteiger partial charge in [0.25, 0.3) is 11.6 Å². The second-order valence-corrected chi connectivity index (χ2v) is 5.98. The number of hydrogen-bond acceptors (Lipinski definition) is 5. The lowest BCUT2D eigenvalue weighted by molar-refractivity contribution is -0.384. The number of rotatable bonds is 3. The van der Waals surface area contributed by atoms with Gasteiger partial charge in [-0.25, -0.2) is 0 Å². The zero-order chi connectivity index (χ0) is 17.3. The zero-order valence-corrected chi connectivity index (χ0v) is 13.8. The van der Waals surface area contributed by atoms with E-state index in [2.05, 4.69) is 10.00 Å². The maximum Gasteiger partial charge on any atom is 0.270 e. The van der Waals surface area contributed by atoms with E-state index in [-0.39, 0.29) is 22.2 Å². The molecule has 1 fully saturated rings. The van der Waals surface area contributed by atoms with Crippen LogP contribution in [0.2, 0.25) is 5.02 Å². The van der Waals surface area contributed by atoms with Crippen molar-refractivity contribution in [3.63, 3.8) is 0 Å². The highest BCUT2D eigenvalue weighted by Crippen LogP contribution is 2.24. The molecule has 1 aromatic heterocycles. The minimum Gasteiger partial charge on any atom is -0.365 e. The summed E-state index contributed by atoms with van der Waals surface area (Å²) in [5.41, 5.74) is 1.19. The van der Waals surface area contributed by atoms with Crippen molar-refractivity contribution in [3.05, 3.63) is 51.3 Å². The summed E-state index contributed by atoms with van der Waals surface area (Å²) in [5, 5.41) is 15.0. The number of anilines is 1. The number of carbonyl (C=O) groups is 1. The van der Waals surface area contributed by atoms with Crippen LogP contribution in [0.15, 0.2) is 30.6 Å². The molecule has 24 heavy (non-hydrogen) atoms. The van der Waals surface area contributed by atoms with Crippen LogP contribution in [0.5, 0.6) is 0 Å². The summed E-state index contributed by atoms with van der Waals surface area (Å²) >= 11 is 6.04. The standard InChI is InChI=1S/C15H16ClN5O3/c1-18-10-12(9-17-18)19-4-6-20(7-5-19)15(22)13-3-2-11(21(23)24)8-14(13)16/h2-3,8-10H,4-7H2,1H3. The Hall–Kier alpha value is -2.61. The molecule has 1 amide bonds. The predicted molar refractivity (Wildman–Crippen MR) is 89.4 cm³/mol. The zero-order valence-electron chi connectivity index (χ0n) is 13.1. The maximum absolute atomic E-state index is 12.6. The first-order valence-corrected chi connectivity index (χ1v) is 7.80. The number of nitro benzene ring substituents is 1.